The Bertz CT molecular complexity index is 250. The SMILES string of the molecule is Cc1cnn(C)c1C(N)C(F)F. The van der Waals surface area contributed by atoms with Crippen LogP contribution in [0, 0.1) is 6.92 Å². The van der Waals surface area contributed by atoms with Gasteiger partial charge in [0.1, 0.15) is 6.04 Å². The highest BCUT2D eigenvalue weighted by Crippen LogP contribution is 2.19. The van der Waals surface area contributed by atoms with Crippen molar-refractivity contribution in [1.29, 1.82) is 0 Å². The number of aryl methyl sites for hydroxylation is 2. The van der Waals surface area contributed by atoms with E-state index in [2.05, 4.69) is 5.10 Å². The molecule has 0 spiro atoms. The molecule has 0 aliphatic carbocycles. The molecule has 0 bridgehead atoms. The van der Waals surface area contributed by atoms with Crippen molar-refractivity contribution in [3.63, 3.8) is 0 Å². The van der Waals surface area contributed by atoms with E-state index in [1.54, 1.807) is 14.0 Å². The second kappa shape index (κ2) is 3.18. The molecule has 5 heteroatoms. The summed E-state index contributed by atoms with van der Waals surface area (Å²) in [6, 6.07) is -1.24. The van der Waals surface area contributed by atoms with E-state index in [4.69, 9.17) is 5.73 Å². The molecule has 1 rings (SSSR count). The Hall–Kier alpha value is -0.970. The minimum absolute atomic E-state index is 0.394. The number of rotatable bonds is 2. The summed E-state index contributed by atoms with van der Waals surface area (Å²) >= 11 is 0. The van der Waals surface area contributed by atoms with Gasteiger partial charge in [-0.3, -0.25) is 4.68 Å². The fraction of sp³-hybridized carbons (Fsp3) is 0.571. The molecule has 1 heterocycles. The third-order valence-corrected chi connectivity index (χ3v) is 1.76. The molecule has 0 aliphatic heterocycles. The summed E-state index contributed by atoms with van der Waals surface area (Å²) in [5.74, 6) is 0. The summed E-state index contributed by atoms with van der Waals surface area (Å²) in [5.41, 5.74) is 6.37. The molecule has 1 aromatic heterocycles. The van der Waals surface area contributed by atoms with Crippen LogP contribution in [0.2, 0.25) is 0 Å². The van der Waals surface area contributed by atoms with Crippen LogP contribution in [0.1, 0.15) is 17.3 Å². The Morgan fingerprint density at radius 1 is 1.58 bits per heavy atom. The lowest BCUT2D eigenvalue weighted by Gasteiger charge is -2.11. The fourth-order valence-corrected chi connectivity index (χ4v) is 1.15. The Morgan fingerprint density at radius 3 is 2.50 bits per heavy atom. The molecule has 0 saturated heterocycles. The van der Waals surface area contributed by atoms with Crippen LogP contribution in [0.3, 0.4) is 0 Å². The van der Waals surface area contributed by atoms with Crippen LogP contribution in [-0.2, 0) is 7.05 Å². The lowest BCUT2D eigenvalue weighted by molar-refractivity contribution is 0.112. The highest BCUT2D eigenvalue weighted by molar-refractivity contribution is 5.19. The number of nitrogens with zero attached hydrogens (tertiary/aromatic N) is 2. The van der Waals surface area contributed by atoms with Crippen molar-refractivity contribution in [2.45, 2.75) is 19.4 Å². The lowest BCUT2D eigenvalue weighted by Crippen LogP contribution is -2.22. The molecule has 2 N–H and O–H groups in total. The van der Waals surface area contributed by atoms with Crippen LogP contribution < -0.4 is 5.73 Å². The summed E-state index contributed by atoms with van der Waals surface area (Å²) in [6.07, 6.45) is -1.02. The zero-order chi connectivity index (χ0) is 9.30. The van der Waals surface area contributed by atoms with Gasteiger partial charge in [-0.1, -0.05) is 0 Å². The van der Waals surface area contributed by atoms with E-state index in [9.17, 15) is 8.78 Å². The maximum absolute atomic E-state index is 12.2. The minimum Gasteiger partial charge on any atom is -0.318 e. The number of hydrogen-bond donors (Lipinski definition) is 1. The van der Waals surface area contributed by atoms with E-state index in [0.29, 0.717) is 11.3 Å². The Balaban J connectivity index is 3.00. The van der Waals surface area contributed by atoms with Crippen molar-refractivity contribution in [1.82, 2.24) is 9.78 Å². The molecular weight excluding hydrogens is 164 g/mol. The van der Waals surface area contributed by atoms with Crippen molar-refractivity contribution in [3.8, 4) is 0 Å². The first-order chi connectivity index (χ1) is 5.54. The lowest BCUT2D eigenvalue weighted by atomic mass is 10.1. The van der Waals surface area contributed by atoms with E-state index >= 15 is 0 Å². The van der Waals surface area contributed by atoms with Crippen molar-refractivity contribution < 1.29 is 8.78 Å². The van der Waals surface area contributed by atoms with Crippen molar-refractivity contribution >= 4 is 0 Å². The summed E-state index contributed by atoms with van der Waals surface area (Å²) < 4.78 is 25.8. The molecule has 0 fully saturated rings. The number of alkyl halides is 2. The average Bonchev–Trinajstić information content (AvgIpc) is 2.30. The van der Waals surface area contributed by atoms with Gasteiger partial charge in [0.25, 0.3) is 6.43 Å². The summed E-state index contributed by atoms with van der Waals surface area (Å²) in [7, 11) is 1.60. The maximum atomic E-state index is 12.2. The molecule has 0 aromatic carbocycles. The molecule has 0 amide bonds. The minimum atomic E-state index is -2.54. The van der Waals surface area contributed by atoms with Gasteiger partial charge in [0, 0.05) is 7.05 Å². The summed E-state index contributed by atoms with van der Waals surface area (Å²) in [6.45, 7) is 1.71. The van der Waals surface area contributed by atoms with Gasteiger partial charge < -0.3 is 5.73 Å². The van der Waals surface area contributed by atoms with Crippen molar-refractivity contribution in [2.24, 2.45) is 12.8 Å². The largest absolute Gasteiger partial charge is 0.318 e. The van der Waals surface area contributed by atoms with Crippen LogP contribution in [0.25, 0.3) is 0 Å². The number of halogens is 2. The fourth-order valence-electron chi connectivity index (χ4n) is 1.15. The molecule has 0 radical (unpaired) electrons. The van der Waals surface area contributed by atoms with Crippen LogP contribution in [0.4, 0.5) is 8.78 Å². The van der Waals surface area contributed by atoms with E-state index in [1.165, 1.54) is 10.9 Å². The molecule has 3 nitrogen and oxygen atoms in total. The second-order valence-corrected chi connectivity index (χ2v) is 2.70. The zero-order valence-corrected chi connectivity index (χ0v) is 6.96. The topological polar surface area (TPSA) is 43.8 Å². The standard InChI is InChI=1S/C7H11F2N3/c1-4-3-11-12(2)6(4)5(10)7(8)9/h3,5,7H,10H2,1-2H3. The Morgan fingerprint density at radius 2 is 2.17 bits per heavy atom. The normalized spacial score (nSPS) is 13.8. The first kappa shape index (κ1) is 9.12. The van der Waals surface area contributed by atoms with E-state index in [0.717, 1.165) is 0 Å². The van der Waals surface area contributed by atoms with Gasteiger partial charge >= 0.3 is 0 Å². The van der Waals surface area contributed by atoms with Gasteiger partial charge in [-0.05, 0) is 12.5 Å². The van der Waals surface area contributed by atoms with Gasteiger partial charge in [-0.2, -0.15) is 5.10 Å². The molecule has 1 atom stereocenters. The van der Waals surface area contributed by atoms with Crippen molar-refractivity contribution in [2.75, 3.05) is 0 Å². The van der Waals surface area contributed by atoms with Gasteiger partial charge in [0.05, 0.1) is 11.9 Å². The van der Waals surface area contributed by atoms with Crippen molar-refractivity contribution in [3.05, 3.63) is 17.5 Å². The van der Waals surface area contributed by atoms with Crippen LogP contribution in [0.15, 0.2) is 6.20 Å². The van der Waals surface area contributed by atoms with Crippen LogP contribution >= 0.6 is 0 Å². The first-order valence-corrected chi connectivity index (χ1v) is 3.56. The van der Waals surface area contributed by atoms with Crippen LogP contribution in [-0.4, -0.2) is 16.2 Å². The summed E-state index contributed by atoms with van der Waals surface area (Å²) in [4.78, 5) is 0. The molecule has 1 unspecified atom stereocenters. The molecular formula is C7H11F2N3. The highest BCUT2D eigenvalue weighted by Gasteiger charge is 2.22. The highest BCUT2D eigenvalue weighted by atomic mass is 19.3. The third kappa shape index (κ3) is 1.45. The number of hydrogen-bond acceptors (Lipinski definition) is 2. The molecule has 0 aliphatic rings. The van der Waals surface area contributed by atoms with Crippen LogP contribution in [0.5, 0.6) is 0 Å². The Kier molecular flexibility index (Phi) is 2.42. The smallest absolute Gasteiger partial charge is 0.259 e. The van der Waals surface area contributed by atoms with Gasteiger partial charge in [-0.25, -0.2) is 8.78 Å². The quantitative estimate of drug-likeness (QED) is 0.728. The summed E-state index contributed by atoms with van der Waals surface area (Å²) in [5, 5.41) is 3.82. The average molecular weight is 175 g/mol. The maximum Gasteiger partial charge on any atom is 0.259 e. The monoisotopic (exact) mass is 175 g/mol. The predicted molar refractivity (Wildman–Crippen MR) is 40.9 cm³/mol. The number of aromatic nitrogens is 2. The molecule has 1 aromatic rings. The van der Waals surface area contributed by atoms with Gasteiger partial charge in [-0.15, -0.1) is 0 Å². The number of nitrogens with two attached hydrogens (primary N) is 1. The van der Waals surface area contributed by atoms with E-state index in [1.807, 2.05) is 0 Å². The van der Waals surface area contributed by atoms with E-state index < -0.39 is 12.5 Å². The molecule has 12 heavy (non-hydrogen) atoms. The predicted octanol–water partition coefficient (Wildman–Crippen LogP) is 0.993. The first-order valence-electron chi connectivity index (χ1n) is 3.56. The zero-order valence-electron chi connectivity index (χ0n) is 6.96. The third-order valence-electron chi connectivity index (χ3n) is 1.76. The van der Waals surface area contributed by atoms with Gasteiger partial charge in [0.2, 0.25) is 0 Å². The second-order valence-electron chi connectivity index (χ2n) is 2.70. The van der Waals surface area contributed by atoms with E-state index in [-0.39, 0.29) is 0 Å². The van der Waals surface area contributed by atoms with Gasteiger partial charge in [0.15, 0.2) is 0 Å². The molecule has 0 saturated carbocycles. The Labute approximate surface area is 69.2 Å². The molecule has 68 valence electrons.